The van der Waals surface area contributed by atoms with E-state index >= 15 is 0 Å². The highest BCUT2D eigenvalue weighted by Gasteiger charge is 2.34. The van der Waals surface area contributed by atoms with Gasteiger partial charge in [0.1, 0.15) is 0 Å². The van der Waals surface area contributed by atoms with Crippen molar-refractivity contribution >= 4 is 0 Å². The first-order chi connectivity index (χ1) is 7.57. The summed E-state index contributed by atoms with van der Waals surface area (Å²) >= 11 is 0. The van der Waals surface area contributed by atoms with Gasteiger partial charge in [-0.2, -0.15) is 0 Å². The summed E-state index contributed by atoms with van der Waals surface area (Å²) in [4.78, 5) is 5.15. The van der Waals surface area contributed by atoms with Gasteiger partial charge in [-0.15, -0.1) is 0 Å². The Balaban J connectivity index is 1.68. The highest BCUT2D eigenvalue weighted by molar-refractivity contribution is 4.95. The molecule has 0 bridgehead atoms. The molecule has 0 amide bonds. The number of nitrogens with two attached hydrogens (primary N) is 1. The summed E-state index contributed by atoms with van der Waals surface area (Å²) in [7, 11) is 0. The summed E-state index contributed by atoms with van der Waals surface area (Å²) in [5, 5.41) is 0. The summed E-state index contributed by atoms with van der Waals surface area (Å²) in [6, 6.07) is 0. The van der Waals surface area contributed by atoms with Crippen molar-refractivity contribution < 1.29 is 0 Å². The van der Waals surface area contributed by atoms with Crippen LogP contribution in [-0.4, -0.2) is 54.6 Å². The van der Waals surface area contributed by atoms with Gasteiger partial charge in [-0.1, -0.05) is 13.8 Å². The molecule has 0 atom stereocenters. The lowest BCUT2D eigenvalue weighted by Crippen LogP contribution is -2.58. The Labute approximate surface area is 100.0 Å². The summed E-state index contributed by atoms with van der Waals surface area (Å²) in [6.07, 6.45) is 3.81. The van der Waals surface area contributed by atoms with E-state index in [0.29, 0.717) is 0 Å². The van der Waals surface area contributed by atoms with Gasteiger partial charge in [0.2, 0.25) is 0 Å². The highest BCUT2D eigenvalue weighted by atomic mass is 15.3. The Morgan fingerprint density at radius 3 is 2.06 bits per heavy atom. The van der Waals surface area contributed by atoms with Gasteiger partial charge in [-0.3, -0.25) is 4.90 Å². The van der Waals surface area contributed by atoms with E-state index in [4.69, 9.17) is 5.73 Å². The topological polar surface area (TPSA) is 32.5 Å². The van der Waals surface area contributed by atoms with Crippen LogP contribution in [0.25, 0.3) is 0 Å². The molecule has 1 saturated heterocycles. The van der Waals surface area contributed by atoms with E-state index in [1.165, 1.54) is 52.0 Å². The summed E-state index contributed by atoms with van der Waals surface area (Å²) in [5.74, 6) is 0.791. The van der Waals surface area contributed by atoms with Gasteiger partial charge < -0.3 is 10.6 Å². The fourth-order valence-corrected chi connectivity index (χ4v) is 2.88. The number of hydrogen-bond acceptors (Lipinski definition) is 3. The van der Waals surface area contributed by atoms with Crippen molar-refractivity contribution in [1.29, 1.82) is 0 Å². The Bertz CT molecular complexity index is 215. The zero-order valence-corrected chi connectivity index (χ0v) is 10.9. The average Bonchev–Trinajstić information content (AvgIpc) is 2.18. The van der Waals surface area contributed by atoms with Gasteiger partial charge in [-0.25, -0.2) is 0 Å². The number of hydrogen-bond donors (Lipinski definition) is 1. The van der Waals surface area contributed by atoms with E-state index in [0.717, 1.165) is 12.5 Å². The second kappa shape index (κ2) is 5.03. The van der Waals surface area contributed by atoms with Crippen LogP contribution in [0.3, 0.4) is 0 Å². The van der Waals surface area contributed by atoms with Crippen LogP contribution in [0.2, 0.25) is 0 Å². The summed E-state index contributed by atoms with van der Waals surface area (Å²) in [5.41, 5.74) is 6.46. The Morgan fingerprint density at radius 2 is 1.62 bits per heavy atom. The van der Waals surface area contributed by atoms with Crippen LogP contribution in [0.4, 0.5) is 0 Å². The first-order valence-electron chi connectivity index (χ1n) is 6.81. The van der Waals surface area contributed by atoms with Crippen LogP contribution in [-0.2, 0) is 0 Å². The van der Waals surface area contributed by atoms with Crippen LogP contribution >= 0.6 is 0 Å². The molecule has 0 radical (unpaired) electrons. The third-order valence-electron chi connectivity index (χ3n) is 3.98. The summed E-state index contributed by atoms with van der Waals surface area (Å²) < 4.78 is 0. The number of nitrogens with zero attached hydrogens (tertiary/aromatic N) is 2. The van der Waals surface area contributed by atoms with Crippen molar-refractivity contribution in [1.82, 2.24) is 9.80 Å². The second-order valence-corrected chi connectivity index (χ2v) is 6.19. The molecule has 2 fully saturated rings. The lowest BCUT2D eigenvalue weighted by atomic mass is 9.77. The minimum atomic E-state index is 0.167. The molecule has 1 heterocycles. The van der Waals surface area contributed by atoms with Gasteiger partial charge in [0, 0.05) is 44.8 Å². The monoisotopic (exact) mass is 225 g/mol. The van der Waals surface area contributed by atoms with Gasteiger partial charge in [-0.05, 0) is 25.2 Å². The maximum atomic E-state index is 6.29. The Kier molecular flexibility index (Phi) is 3.88. The molecule has 16 heavy (non-hydrogen) atoms. The SMILES string of the molecule is CC(C)CN1CCN(CC2(N)CCC2)CC1. The minimum absolute atomic E-state index is 0.167. The lowest BCUT2D eigenvalue weighted by Gasteiger charge is -2.44. The molecule has 2 rings (SSSR count). The molecule has 0 aromatic carbocycles. The molecule has 0 unspecified atom stereocenters. The predicted octanol–water partition coefficient (Wildman–Crippen LogP) is 1.14. The van der Waals surface area contributed by atoms with Gasteiger partial charge >= 0.3 is 0 Å². The third-order valence-corrected chi connectivity index (χ3v) is 3.98. The molecule has 3 nitrogen and oxygen atoms in total. The van der Waals surface area contributed by atoms with Crippen LogP contribution in [0.15, 0.2) is 0 Å². The lowest BCUT2D eigenvalue weighted by molar-refractivity contribution is 0.0810. The maximum absolute atomic E-state index is 6.29. The standard InChI is InChI=1S/C13H27N3/c1-12(2)10-15-6-8-16(9-7-15)11-13(14)4-3-5-13/h12H,3-11,14H2,1-2H3. The molecule has 1 aliphatic carbocycles. The van der Waals surface area contributed by atoms with Crippen molar-refractivity contribution in [3.63, 3.8) is 0 Å². The van der Waals surface area contributed by atoms with Crippen molar-refractivity contribution in [3.8, 4) is 0 Å². The predicted molar refractivity (Wildman–Crippen MR) is 68.5 cm³/mol. The second-order valence-electron chi connectivity index (χ2n) is 6.19. The van der Waals surface area contributed by atoms with E-state index in [2.05, 4.69) is 23.6 Å². The molecular formula is C13H27N3. The first-order valence-corrected chi connectivity index (χ1v) is 6.81. The fraction of sp³-hybridized carbons (Fsp3) is 1.00. The van der Waals surface area contributed by atoms with Crippen LogP contribution in [0.5, 0.6) is 0 Å². The maximum Gasteiger partial charge on any atom is 0.0283 e. The normalized spacial score (nSPS) is 27.0. The molecule has 0 aromatic heterocycles. The van der Waals surface area contributed by atoms with Gasteiger partial charge in [0.25, 0.3) is 0 Å². The summed E-state index contributed by atoms with van der Waals surface area (Å²) in [6.45, 7) is 11.9. The number of piperazine rings is 1. The molecule has 1 aliphatic heterocycles. The molecule has 3 heteroatoms. The van der Waals surface area contributed by atoms with Crippen molar-refractivity contribution in [2.75, 3.05) is 39.3 Å². The van der Waals surface area contributed by atoms with Crippen molar-refractivity contribution in [2.45, 2.75) is 38.6 Å². The molecule has 1 saturated carbocycles. The molecule has 94 valence electrons. The third kappa shape index (κ3) is 3.19. The van der Waals surface area contributed by atoms with Gasteiger partial charge in [0.05, 0.1) is 0 Å². The van der Waals surface area contributed by atoms with E-state index in [-0.39, 0.29) is 5.54 Å². The molecule has 0 aromatic rings. The fourth-order valence-electron chi connectivity index (χ4n) is 2.88. The zero-order valence-electron chi connectivity index (χ0n) is 10.9. The average molecular weight is 225 g/mol. The Hall–Kier alpha value is -0.120. The van der Waals surface area contributed by atoms with E-state index in [9.17, 15) is 0 Å². The Morgan fingerprint density at radius 1 is 1.06 bits per heavy atom. The molecule has 2 aliphatic rings. The van der Waals surface area contributed by atoms with Gasteiger partial charge in [0.15, 0.2) is 0 Å². The molecule has 0 spiro atoms. The van der Waals surface area contributed by atoms with E-state index < -0.39 is 0 Å². The van der Waals surface area contributed by atoms with Crippen molar-refractivity contribution in [3.05, 3.63) is 0 Å². The van der Waals surface area contributed by atoms with Crippen LogP contribution in [0.1, 0.15) is 33.1 Å². The highest BCUT2D eigenvalue weighted by Crippen LogP contribution is 2.30. The quantitative estimate of drug-likeness (QED) is 0.779. The van der Waals surface area contributed by atoms with Crippen molar-refractivity contribution in [2.24, 2.45) is 11.7 Å². The van der Waals surface area contributed by atoms with E-state index in [1.807, 2.05) is 0 Å². The zero-order chi connectivity index (χ0) is 11.6. The van der Waals surface area contributed by atoms with Crippen LogP contribution < -0.4 is 5.73 Å². The molecule has 2 N–H and O–H groups in total. The first kappa shape index (κ1) is 12.3. The number of rotatable bonds is 4. The smallest absolute Gasteiger partial charge is 0.0283 e. The van der Waals surface area contributed by atoms with E-state index in [1.54, 1.807) is 0 Å². The minimum Gasteiger partial charge on any atom is -0.324 e. The largest absolute Gasteiger partial charge is 0.324 e. The molecular weight excluding hydrogens is 198 g/mol. The van der Waals surface area contributed by atoms with Crippen LogP contribution in [0, 0.1) is 5.92 Å².